The summed E-state index contributed by atoms with van der Waals surface area (Å²) < 4.78 is 40.5. The number of unbranched alkanes of at least 4 members (excludes halogenated alkanes) is 2. The number of methoxy groups -OCH3 is 1. The molecule has 4 rings (SSSR count). The Morgan fingerprint density at radius 1 is 1.00 bits per heavy atom. The summed E-state index contributed by atoms with van der Waals surface area (Å²) in [4.78, 5) is 37.4. The normalized spacial score (nSPS) is 25.0. The predicted octanol–water partition coefficient (Wildman–Crippen LogP) is 4.08. The fourth-order valence-corrected chi connectivity index (χ4v) is 4.71. The van der Waals surface area contributed by atoms with Crippen molar-refractivity contribution in [2.24, 2.45) is 0 Å². The maximum absolute atomic E-state index is 13.3. The van der Waals surface area contributed by atoms with Crippen LogP contribution >= 0.6 is 0 Å². The van der Waals surface area contributed by atoms with Crippen LogP contribution in [0.1, 0.15) is 47.9 Å². The average molecular weight is 584 g/mol. The number of amides is 1. The summed E-state index contributed by atoms with van der Waals surface area (Å²) in [5, 5.41) is 2.75. The summed E-state index contributed by atoms with van der Waals surface area (Å²) in [5.74, 6) is -0.866. The second-order valence-corrected chi connectivity index (χ2v) is 9.77. The molecule has 2 aromatic rings. The number of carbonyl (C=O) groups is 3. The summed E-state index contributed by atoms with van der Waals surface area (Å²) in [5.41, 5.74) is 1.12. The van der Waals surface area contributed by atoms with Gasteiger partial charge in [-0.05, 0) is 25.0 Å². The van der Waals surface area contributed by atoms with Gasteiger partial charge in [-0.3, -0.25) is 4.79 Å². The van der Waals surface area contributed by atoms with Crippen LogP contribution in [0.4, 0.5) is 4.79 Å². The van der Waals surface area contributed by atoms with Crippen LogP contribution in [0, 0.1) is 0 Å². The molecule has 226 valence electrons. The van der Waals surface area contributed by atoms with E-state index >= 15 is 0 Å². The Bertz CT molecular complexity index is 1160. The highest BCUT2D eigenvalue weighted by molar-refractivity contribution is 5.89. The van der Waals surface area contributed by atoms with Crippen LogP contribution < -0.4 is 5.32 Å². The molecule has 1 N–H and O–H groups in total. The molecule has 0 radical (unpaired) electrons. The van der Waals surface area contributed by atoms with Gasteiger partial charge in [0.2, 0.25) is 0 Å². The molecule has 2 heterocycles. The molecule has 11 nitrogen and oxygen atoms in total. The van der Waals surface area contributed by atoms with Crippen molar-refractivity contribution in [3.63, 3.8) is 0 Å². The van der Waals surface area contributed by atoms with Crippen molar-refractivity contribution in [3.05, 3.63) is 84.4 Å². The predicted molar refractivity (Wildman–Crippen MR) is 149 cm³/mol. The number of hydrogen-bond acceptors (Lipinski definition) is 10. The van der Waals surface area contributed by atoms with Crippen molar-refractivity contribution in [1.82, 2.24) is 5.32 Å². The second kappa shape index (κ2) is 16.0. The van der Waals surface area contributed by atoms with Crippen molar-refractivity contribution in [3.8, 4) is 0 Å². The minimum Gasteiger partial charge on any atom is -0.469 e. The monoisotopic (exact) mass is 583 g/mol. The molecule has 0 aromatic heterocycles. The lowest BCUT2D eigenvalue weighted by Gasteiger charge is -2.48. The number of fused-ring (bicyclic) bond motifs is 1. The van der Waals surface area contributed by atoms with Gasteiger partial charge in [-0.15, -0.1) is 0 Å². The van der Waals surface area contributed by atoms with Gasteiger partial charge in [0.05, 0.1) is 19.3 Å². The molecule has 0 spiro atoms. The third-order valence-electron chi connectivity index (χ3n) is 6.82. The summed E-state index contributed by atoms with van der Waals surface area (Å²) in [6.07, 6.45) is -1.28. The zero-order chi connectivity index (χ0) is 29.7. The van der Waals surface area contributed by atoms with Crippen LogP contribution in [-0.4, -0.2) is 75.6 Å². The first-order chi connectivity index (χ1) is 20.5. The molecule has 2 fully saturated rings. The van der Waals surface area contributed by atoms with Crippen LogP contribution in [0.5, 0.6) is 0 Å². The number of alkyl carbamates (subject to hydrolysis) is 1. The van der Waals surface area contributed by atoms with Gasteiger partial charge in [0.1, 0.15) is 24.9 Å². The number of benzene rings is 2. The van der Waals surface area contributed by atoms with E-state index in [1.807, 2.05) is 30.3 Å². The lowest BCUT2D eigenvalue weighted by molar-refractivity contribution is -0.343. The van der Waals surface area contributed by atoms with Gasteiger partial charge in [0, 0.05) is 18.6 Å². The van der Waals surface area contributed by atoms with E-state index in [4.69, 9.17) is 28.4 Å². The first-order valence-corrected chi connectivity index (χ1v) is 14.0. The van der Waals surface area contributed by atoms with Crippen LogP contribution in [0.3, 0.4) is 0 Å². The molecular formula is C31H37NO10. The van der Waals surface area contributed by atoms with Crippen LogP contribution in [0.15, 0.2) is 73.3 Å². The van der Waals surface area contributed by atoms with E-state index in [-0.39, 0.29) is 25.8 Å². The standard InChI is InChI=1S/C31H37NO10/c1-3-18-38-31(35)32-25-27(41-28(34)21-13-7-4-8-14-21)26-23(20-39-29(42-26)22-15-9-5-10-16-22)40-30(25)37-19-12-6-11-17-24(33)36-2/h3-5,7-10,13-16,23,25-27,29-30H,1,6,11-12,17-20H2,2H3,(H,32,35)/t23-,25-,26-,27-,29+,30-/m1/s1. The van der Waals surface area contributed by atoms with Crippen LogP contribution in [-0.2, 0) is 38.0 Å². The lowest BCUT2D eigenvalue weighted by atomic mass is 9.95. The molecule has 0 bridgehead atoms. The van der Waals surface area contributed by atoms with Crippen LogP contribution in [0.25, 0.3) is 0 Å². The summed E-state index contributed by atoms with van der Waals surface area (Å²) in [6, 6.07) is 16.9. The molecule has 0 saturated carbocycles. The SMILES string of the molecule is C=CCOC(=O)N[C@H]1[C@H](OCCCCCC(=O)OC)O[C@@H]2CO[C@H](c3ccccc3)O[C@H]2[C@@H]1OC(=O)c1ccccc1. The topological polar surface area (TPSA) is 128 Å². The second-order valence-electron chi connectivity index (χ2n) is 9.77. The Kier molecular flexibility index (Phi) is 11.9. The van der Waals surface area contributed by atoms with E-state index in [9.17, 15) is 14.4 Å². The fraction of sp³-hybridized carbons (Fsp3) is 0.452. The number of ether oxygens (including phenoxy) is 7. The molecule has 0 aliphatic carbocycles. The molecule has 2 aromatic carbocycles. The van der Waals surface area contributed by atoms with Gasteiger partial charge >= 0.3 is 18.0 Å². The molecular weight excluding hydrogens is 546 g/mol. The van der Waals surface area contributed by atoms with Gasteiger partial charge in [0.25, 0.3) is 0 Å². The number of rotatable bonds is 13. The molecule has 2 aliphatic heterocycles. The number of esters is 2. The number of hydrogen-bond donors (Lipinski definition) is 1. The summed E-state index contributed by atoms with van der Waals surface area (Å²) in [7, 11) is 1.36. The zero-order valence-corrected chi connectivity index (χ0v) is 23.6. The van der Waals surface area contributed by atoms with Crippen molar-refractivity contribution >= 4 is 18.0 Å². The summed E-state index contributed by atoms with van der Waals surface area (Å²) in [6.45, 7) is 3.94. The maximum atomic E-state index is 13.3. The fourth-order valence-electron chi connectivity index (χ4n) is 4.71. The van der Waals surface area contributed by atoms with Gasteiger partial charge in [-0.1, -0.05) is 67.6 Å². The third-order valence-corrected chi connectivity index (χ3v) is 6.82. The highest BCUT2D eigenvalue weighted by Crippen LogP contribution is 2.36. The van der Waals surface area contributed by atoms with Crippen molar-refractivity contribution in [1.29, 1.82) is 0 Å². The van der Waals surface area contributed by atoms with Crippen molar-refractivity contribution in [2.75, 3.05) is 26.9 Å². The first-order valence-electron chi connectivity index (χ1n) is 14.0. The third kappa shape index (κ3) is 8.62. The molecule has 42 heavy (non-hydrogen) atoms. The molecule has 2 saturated heterocycles. The Balaban J connectivity index is 1.55. The minimum atomic E-state index is -1.02. The summed E-state index contributed by atoms with van der Waals surface area (Å²) >= 11 is 0. The number of nitrogens with one attached hydrogen (secondary N) is 1. The lowest BCUT2D eigenvalue weighted by Crippen LogP contribution is -2.67. The van der Waals surface area contributed by atoms with E-state index in [0.29, 0.717) is 31.2 Å². The van der Waals surface area contributed by atoms with E-state index in [2.05, 4.69) is 16.6 Å². The quantitative estimate of drug-likeness (QED) is 0.159. The minimum absolute atomic E-state index is 0.0218. The van der Waals surface area contributed by atoms with Gasteiger partial charge in [-0.25, -0.2) is 9.59 Å². The molecule has 1 amide bonds. The average Bonchev–Trinajstić information content (AvgIpc) is 3.03. The molecule has 11 heteroatoms. The van der Waals surface area contributed by atoms with E-state index < -0.39 is 49.0 Å². The van der Waals surface area contributed by atoms with Crippen molar-refractivity contribution < 1.29 is 47.5 Å². The van der Waals surface area contributed by atoms with Gasteiger partial charge < -0.3 is 38.5 Å². The van der Waals surface area contributed by atoms with Gasteiger partial charge in [-0.2, -0.15) is 0 Å². The Morgan fingerprint density at radius 2 is 1.74 bits per heavy atom. The van der Waals surface area contributed by atoms with E-state index in [0.717, 1.165) is 5.56 Å². The molecule has 0 unspecified atom stereocenters. The highest BCUT2D eigenvalue weighted by Gasteiger charge is 2.53. The first kappa shape index (κ1) is 31.2. The van der Waals surface area contributed by atoms with Crippen molar-refractivity contribution in [2.45, 2.75) is 62.6 Å². The Labute approximate surface area is 245 Å². The molecule has 6 atom stereocenters. The Hall–Kier alpha value is -3.77. The Morgan fingerprint density at radius 3 is 2.45 bits per heavy atom. The smallest absolute Gasteiger partial charge is 0.407 e. The number of carbonyl (C=O) groups excluding carboxylic acids is 3. The largest absolute Gasteiger partial charge is 0.469 e. The molecule has 2 aliphatic rings. The highest BCUT2D eigenvalue weighted by atomic mass is 16.8. The van der Waals surface area contributed by atoms with E-state index in [1.54, 1.807) is 30.3 Å². The van der Waals surface area contributed by atoms with Crippen LogP contribution in [0.2, 0.25) is 0 Å². The maximum Gasteiger partial charge on any atom is 0.407 e. The van der Waals surface area contributed by atoms with Gasteiger partial charge in [0.15, 0.2) is 18.7 Å². The zero-order valence-electron chi connectivity index (χ0n) is 23.6. The van der Waals surface area contributed by atoms with E-state index in [1.165, 1.54) is 13.2 Å².